The van der Waals surface area contributed by atoms with Gasteiger partial charge in [-0.2, -0.15) is 0 Å². The van der Waals surface area contributed by atoms with Gasteiger partial charge in [-0.3, -0.25) is 4.79 Å². The zero-order chi connectivity index (χ0) is 15.9. The molecule has 0 fully saturated rings. The average Bonchev–Trinajstić information content (AvgIpc) is 2.55. The van der Waals surface area contributed by atoms with Crippen molar-refractivity contribution in [3.05, 3.63) is 53.0 Å². The Bertz CT molecular complexity index is 628. The third-order valence-corrected chi connectivity index (χ3v) is 3.64. The van der Waals surface area contributed by atoms with Crippen LogP contribution < -0.4 is 14.8 Å². The van der Waals surface area contributed by atoms with E-state index in [0.717, 1.165) is 10.2 Å². The van der Waals surface area contributed by atoms with Crippen molar-refractivity contribution in [2.24, 2.45) is 0 Å². The Morgan fingerprint density at radius 1 is 1.14 bits per heavy atom. The molecule has 0 spiro atoms. The Morgan fingerprint density at radius 2 is 1.77 bits per heavy atom. The minimum Gasteiger partial charge on any atom is -0.493 e. The van der Waals surface area contributed by atoms with E-state index in [1.807, 2.05) is 43.3 Å². The van der Waals surface area contributed by atoms with Crippen molar-refractivity contribution in [1.82, 2.24) is 0 Å². The Morgan fingerprint density at radius 3 is 2.36 bits per heavy atom. The number of para-hydroxylation sites is 2. The molecule has 0 saturated carbocycles. The van der Waals surface area contributed by atoms with Crippen LogP contribution in [0.2, 0.25) is 0 Å². The van der Waals surface area contributed by atoms with Gasteiger partial charge in [-0.15, -0.1) is 0 Å². The van der Waals surface area contributed by atoms with Gasteiger partial charge in [0.25, 0.3) is 5.91 Å². The Balaban J connectivity index is 2.07. The Kier molecular flexibility index (Phi) is 5.83. The first-order valence-corrected chi connectivity index (χ1v) is 7.79. The van der Waals surface area contributed by atoms with E-state index in [1.54, 1.807) is 19.2 Å². The van der Waals surface area contributed by atoms with Crippen molar-refractivity contribution < 1.29 is 14.3 Å². The summed E-state index contributed by atoms with van der Waals surface area (Å²) in [6, 6.07) is 14.7. The van der Waals surface area contributed by atoms with Crippen LogP contribution >= 0.6 is 15.9 Å². The second-order valence-corrected chi connectivity index (χ2v) is 5.58. The van der Waals surface area contributed by atoms with Gasteiger partial charge in [-0.1, -0.05) is 35.0 Å². The monoisotopic (exact) mass is 363 g/mol. The number of carbonyl (C=O) groups excluding carboxylic acids is 1. The normalized spacial score (nSPS) is 11.6. The van der Waals surface area contributed by atoms with Crippen LogP contribution in [0.1, 0.15) is 13.3 Å². The molecule has 2 aromatic carbocycles. The van der Waals surface area contributed by atoms with Crippen LogP contribution in [0.5, 0.6) is 11.5 Å². The molecule has 2 aromatic rings. The molecule has 0 aromatic heterocycles. The highest BCUT2D eigenvalue weighted by atomic mass is 79.9. The van der Waals surface area contributed by atoms with Gasteiger partial charge in [-0.05, 0) is 42.8 Å². The summed E-state index contributed by atoms with van der Waals surface area (Å²) in [6.07, 6.45) is -0.0274. The van der Waals surface area contributed by atoms with E-state index in [0.29, 0.717) is 17.9 Å². The number of amides is 1. The number of rotatable bonds is 6. The Hall–Kier alpha value is -2.01. The van der Waals surface area contributed by atoms with E-state index < -0.39 is 6.10 Å². The molecule has 1 N–H and O–H groups in total. The maximum atomic E-state index is 12.3. The molecule has 116 valence electrons. The molecule has 5 heteroatoms. The van der Waals surface area contributed by atoms with Gasteiger partial charge in [-0.25, -0.2) is 0 Å². The van der Waals surface area contributed by atoms with Gasteiger partial charge in [0.15, 0.2) is 17.6 Å². The van der Waals surface area contributed by atoms with E-state index in [4.69, 9.17) is 9.47 Å². The lowest BCUT2D eigenvalue weighted by molar-refractivity contribution is -0.122. The smallest absolute Gasteiger partial charge is 0.265 e. The largest absolute Gasteiger partial charge is 0.493 e. The summed E-state index contributed by atoms with van der Waals surface area (Å²) in [4.78, 5) is 12.3. The number of benzene rings is 2. The van der Waals surface area contributed by atoms with Crippen LogP contribution in [0.25, 0.3) is 0 Å². The van der Waals surface area contributed by atoms with Gasteiger partial charge in [0.1, 0.15) is 0 Å². The number of halogens is 1. The summed E-state index contributed by atoms with van der Waals surface area (Å²) < 4.78 is 12.0. The van der Waals surface area contributed by atoms with Crippen molar-refractivity contribution in [2.45, 2.75) is 19.4 Å². The molecule has 0 saturated heterocycles. The molecule has 0 heterocycles. The molecule has 2 rings (SSSR count). The predicted molar refractivity (Wildman–Crippen MR) is 90.5 cm³/mol. The lowest BCUT2D eigenvalue weighted by Gasteiger charge is -2.18. The molecule has 0 unspecified atom stereocenters. The van der Waals surface area contributed by atoms with Crippen LogP contribution in [0.4, 0.5) is 5.69 Å². The minimum absolute atomic E-state index is 0.185. The third kappa shape index (κ3) is 4.24. The maximum absolute atomic E-state index is 12.3. The minimum atomic E-state index is -0.583. The number of anilines is 1. The second kappa shape index (κ2) is 7.84. The van der Waals surface area contributed by atoms with Crippen LogP contribution in [-0.4, -0.2) is 19.1 Å². The van der Waals surface area contributed by atoms with Crippen LogP contribution in [0, 0.1) is 0 Å². The lowest BCUT2D eigenvalue weighted by Crippen LogP contribution is -2.32. The van der Waals surface area contributed by atoms with E-state index in [1.165, 1.54) is 0 Å². The zero-order valence-electron chi connectivity index (χ0n) is 12.5. The fourth-order valence-electron chi connectivity index (χ4n) is 1.95. The topological polar surface area (TPSA) is 47.6 Å². The summed E-state index contributed by atoms with van der Waals surface area (Å²) >= 11 is 3.36. The number of carbonyl (C=O) groups is 1. The fraction of sp³-hybridized carbons (Fsp3) is 0.235. The highest BCUT2D eigenvalue weighted by Gasteiger charge is 2.20. The van der Waals surface area contributed by atoms with E-state index in [2.05, 4.69) is 21.2 Å². The van der Waals surface area contributed by atoms with Crippen molar-refractivity contribution in [3.63, 3.8) is 0 Å². The van der Waals surface area contributed by atoms with Crippen molar-refractivity contribution in [2.75, 3.05) is 12.4 Å². The van der Waals surface area contributed by atoms with Crippen molar-refractivity contribution in [3.8, 4) is 11.5 Å². The maximum Gasteiger partial charge on any atom is 0.265 e. The number of ether oxygens (including phenoxy) is 2. The molecule has 4 nitrogen and oxygen atoms in total. The van der Waals surface area contributed by atoms with Gasteiger partial charge >= 0.3 is 0 Å². The molecule has 0 bridgehead atoms. The van der Waals surface area contributed by atoms with Gasteiger partial charge in [0.05, 0.1) is 7.11 Å². The first-order chi connectivity index (χ1) is 10.6. The first kappa shape index (κ1) is 16.4. The van der Waals surface area contributed by atoms with Crippen LogP contribution in [0.3, 0.4) is 0 Å². The fourth-order valence-corrected chi connectivity index (χ4v) is 2.21. The first-order valence-electron chi connectivity index (χ1n) is 7.00. The number of nitrogens with one attached hydrogen (secondary N) is 1. The molecular formula is C17H18BrNO3. The van der Waals surface area contributed by atoms with E-state index in [9.17, 15) is 4.79 Å². The summed E-state index contributed by atoms with van der Waals surface area (Å²) in [5, 5.41) is 2.85. The molecule has 1 amide bonds. The second-order valence-electron chi connectivity index (χ2n) is 4.66. The molecule has 0 aliphatic heterocycles. The SMILES string of the molecule is CC[C@@H](Oc1ccccc1OC)C(=O)Nc1ccc(Br)cc1. The predicted octanol–water partition coefficient (Wildman–Crippen LogP) is 4.25. The summed E-state index contributed by atoms with van der Waals surface area (Å²) in [7, 11) is 1.57. The summed E-state index contributed by atoms with van der Waals surface area (Å²) in [5.41, 5.74) is 0.732. The zero-order valence-corrected chi connectivity index (χ0v) is 14.1. The summed E-state index contributed by atoms with van der Waals surface area (Å²) in [6.45, 7) is 1.90. The van der Waals surface area contributed by atoms with Gasteiger partial charge in [0.2, 0.25) is 0 Å². The van der Waals surface area contributed by atoms with Crippen molar-refractivity contribution in [1.29, 1.82) is 0 Å². The van der Waals surface area contributed by atoms with Gasteiger partial charge in [0, 0.05) is 10.2 Å². The van der Waals surface area contributed by atoms with Gasteiger partial charge < -0.3 is 14.8 Å². The summed E-state index contributed by atoms with van der Waals surface area (Å²) in [5.74, 6) is 0.982. The molecule has 0 radical (unpaired) electrons. The van der Waals surface area contributed by atoms with E-state index >= 15 is 0 Å². The van der Waals surface area contributed by atoms with E-state index in [-0.39, 0.29) is 5.91 Å². The molecule has 0 aliphatic rings. The van der Waals surface area contributed by atoms with Crippen LogP contribution in [0.15, 0.2) is 53.0 Å². The third-order valence-electron chi connectivity index (χ3n) is 3.11. The lowest BCUT2D eigenvalue weighted by atomic mass is 10.2. The Labute approximate surface area is 138 Å². The van der Waals surface area contributed by atoms with Crippen molar-refractivity contribution >= 4 is 27.5 Å². The number of methoxy groups -OCH3 is 1. The highest BCUT2D eigenvalue weighted by molar-refractivity contribution is 9.10. The molecular weight excluding hydrogens is 346 g/mol. The average molecular weight is 364 g/mol. The quantitative estimate of drug-likeness (QED) is 0.834. The standard InChI is InChI=1S/C17H18BrNO3/c1-3-14(22-16-7-5-4-6-15(16)21-2)17(20)19-13-10-8-12(18)9-11-13/h4-11,14H,3H2,1-2H3,(H,19,20)/t14-/m1/s1. The molecule has 22 heavy (non-hydrogen) atoms. The van der Waals surface area contributed by atoms with Crippen LogP contribution in [-0.2, 0) is 4.79 Å². The molecule has 0 aliphatic carbocycles. The number of hydrogen-bond acceptors (Lipinski definition) is 3. The molecule has 1 atom stereocenters. The highest BCUT2D eigenvalue weighted by Crippen LogP contribution is 2.27. The number of hydrogen-bond donors (Lipinski definition) is 1.